The lowest BCUT2D eigenvalue weighted by Gasteiger charge is -2.13. The molecule has 2 unspecified atom stereocenters. The first kappa shape index (κ1) is 16.1. The van der Waals surface area contributed by atoms with Gasteiger partial charge in [0.25, 0.3) is 5.91 Å². The maximum atomic E-state index is 12.3. The zero-order valence-electron chi connectivity index (χ0n) is 12.9. The molecule has 1 aromatic heterocycles. The predicted molar refractivity (Wildman–Crippen MR) is 90.0 cm³/mol. The summed E-state index contributed by atoms with van der Waals surface area (Å²) in [7, 11) is 0. The first-order valence-electron chi connectivity index (χ1n) is 7.86. The van der Waals surface area contributed by atoms with E-state index >= 15 is 0 Å². The summed E-state index contributed by atoms with van der Waals surface area (Å²) in [5.74, 6) is 1.87. The number of hydrogen-bond donors (Lipinski definition) is 2. The van der Waals surface area contributed by atoms with Gasteiger partial charge in [0.05, 0.1) is 0 Å². The van der Waals surface area contributed by atoms with Gasteiger partial charge in [0.15, 0.2) is 0 Å². The lowest BCUT2D eigenvalue weighted by atomic mass is 10.2. The van der Waals surface area contributed by atoms with Crippen molar-refractivity contribution in [3.8, 4) is 0 Å². The third-order valence-corrected chi connectivity index (χ3v) is 4.89. The van der Waals surface area contributed by atoms with E-state index in [0.29, 0.717) is 17.0 Å². The summed E-state index contributed by atoms with van der Waals surface area (Å²) < 4.78 is 0. The van der Waals surface area contributed by atoms with Crippen molar-refractivity contribution in [3.63, 3.8) is 0 Å². The number of carbonyl (C=O) groups excluding carboxylic acids is 1. The number of anilines is 1. The Balaban J connectivity index is 1.88. The van der Waals surface area contributed by atoms with Gasteiger partial charge in [-0.3, -0.25) is 4.79 Å². The van der Waals surface area contributed by atoms with Crippen LogP contribution < -0.4 is 10.6 Å². The molecular weight excluding hydrogens is 282 g/mol. The van der Waals surface area contributed by atoms with Crippen molar-refractivity contribution in [2.75, 3.05) is 17.6 Å². The molecule has 4 nitrogen and oxygen atoms in total. The monoisotopic (exact) mass is 307 g/mol. The van der Waals surface area contributed by atoms with Gasteiger partial charge in [0.1, 0.15) is 11.5 Å². The summed E-state index contributed by atoms with van der Waals surface area (Å²) in [5, 5.41) is 7.04. The van der Waals surface area contributed by atoms with Crippen LogP contribution in [0, 0.1) is 0 Å². The molecule has 1 aliphatic rings. The molecule has 2 atom stereocenters. The number of carbonyl (C=O) groups is 1. The first-order chi connectivity index (χ1) is 10.2. The Morgan fingerprint density at radius 2 is 2.24 bits per heavy atom. The standard InChI is InChI=1S/C16H25N3OS/c1-3-10-17-15-7-5-6-14(19-15)16(20)18-12-8-9-13(11-12)21-4-2/h5-7,12-13H,3-4,8-11H2,1-2H3,(H,17,19)(H,18,20). The molecule has 0 aliphatic heterocycles. The van der Waals surface area contributed by atoms with E-state index in [0.717, 1.165) is 37.4 Å². The van der Waals surface area contributed by atoms with E-state index in [-0.39, 0.29) is 5.91 Å². The van der Waals surface area contributed by atoms with Gasteiger partial charge in [0, 0.05) is 17.8 Å². The van der Waals surface area contributed by atoms with E-state index in [1.54, 1.807) is 6.07 Å². The average molecular weight is 307 g/mol. The van der Waals surface area contributed by atoms with Crippen molar-refractivity contribution in [3.05, 3.63) is 23.9 Å². The highest BCUT2D eigenvalue weighted by Gasteiger charge is 2.26. The Kier molecular flexibility index (Phi) is 6.36. The molecular formula is C16H25N3OS. The number of thioether (sulfide) groups is 1. The molecule has 116 valence electrons. The summed E-state index contributed by atoms with van der Waals surface area (Å²) in [4.78, 5) is 16.7. The highest BCUT2D eigenvalue weighted by Crippen LogP contribution is 2.29. The molecule has 1 saturated carbocycles. The zero-order valence-corrected chi connectivity index (χ0v) is 13.7. The van der Waals surface area contributed by atoms with Crippen LogP contribution >= 0.6 is 11.8 Å². The Labute approximate surface area is 131 Å². The van der Waals surface area contributed by atoms with Crippen LogP contribution in [0.5, 0.6) is 0 Å². The van der Waals surface area contributed by atoms with Crippen molar-refractivity contribution in [1.82, 2.24) is 10.3 Å². The van der Waals surface area contributed by atoms with Gasteiger partial charge in [-0.1, -0.05) is 19.9 Å². The molecule has 2 rings (SSSR count). The van der Waals surface area contributed by atoms with E-state index in [1.165, 1.54) is 6.42 Å². The van der Waals surface area contributed by atoms with E-state index in [9.17, 15) is 4.79 Å². The predicted octanol–water partition coefficient (Wildman–Crippen LogP) is 3.31. The largest absolute Gasteiger partial charge is 0.370 e. The van der Waals surface area contributed by atoms with Gasteiger partial charge in [-0.2, -0.15) is 11.8 Å². The van der Waals surface area contributed by atoms with Gasteiger partial charge < -0.3 is 10.6 Å². The smallest absolute Gasteiger partial charge is 0.270 e. The SMILES string of the molecule is CCCNc1cccc(C(=O)NC2CCC(SCC)C2)n1. The van der Waals surface area contributed by atoms with Crippen LogP contribution in [0.25, 0.3) is 0 Å². The van der Waals surface area contributed by atoms with E-state index in [1.807, 2.05) is 23.9 Å². The first-order valence-corrected chi connectivity index (χ1v) is 8.91. The van der Waals surface area contributed by atoms with Crippen molar-refractivity contribution in [2.45, 2.75) is 50.8 Å². The van der Waals surface area contributed by atoms with Crippen molar-refractivity contribution in [1.29, 1.82) is 0 Å². The highest BCUT2D eigenvalue weighted by atomic mass is 32.2. The molecule has 1 aromatic rings. The quantitative estimate of drug-likeness (QED) is 0.811. The third-order valence-electron chi connectivity index (χ3n) is 3.66. The van der Waals surface area contributed by atoms with Gasteiger partial charge in [-0.05, 0) is 43.6 Å². The van der Waals surface area contributed by atoms with Crippen LogP contribution in [-0.2, 0) is 0 Å². The summed E-state index contributed by atoms with van der Waals surface area (Å²) in [6, 6.07) is 5.86. The third kappa shape index (κ3) is 4.92. The van der Waals surface area contributed by atoms with Crippen LogP contribution in [0.2, 0.25) is 0 Å². The van der Waals surface area contributed by atoms with Crippen molar-refractivity contribution in [2.24, 2.45) is 0 Å². The molecule has 1 fully saturated rings. The number of nitrogens with one attached hydrogen (secondary N) is 2. The Hall–Kier alpha value is -1.23. The Morgan fingerprint density at radius 1 is 1.38 bits per heavy atom. The number of aromatic nitrogens is 1. The molecule has 2 N–H and O–H groups in total. The second-order valence-electron chi connectivity index (χ2n) is 5.40. The Morgan fingerprint density at radius 3 is 3.00 bits per heavy atom. The normalized spacial score (nSPS) is 21.2. The van der Waals surface area contributed by atoms with E-state index in [2.05, 4.69) is 29.5 Å². The lowest BCUT2D eigenvalue weighted by Crippen LogP contribution is -2.33. The molecule has 21 heavy (non-hydrogen) atoms. The molecule has 1 amide bonds. The fourth-order valence-electron chi connectivity index (χ4n) is 2.63. The lowest BCUT2D eigenvalue weighted by molar-refractivity contribution is 0.0933. The average Bonchev–Trinajstić information content (AvgIpc) is 2.93. The summed E-state index contributed by atoms with van der Waals surface area (Å²) in [6.45, 7) is 5.17. The van der Waals surface area contributed by atoms with Crippen LogP contribution in [0.15, 0.2) is 18.2 Å². The molecule has 0 aromatic carbocycles. The fraction of sp³-hybridized carbons (Fsp3) is 0.625. The van der Waals surface area contributed by atoms with Crippen LogP contribution in [-0.4, -0.2) is 34.5 Å². The number of amides is 1. The molecule has 1 heterocycles. The number of nitrogens with zero attached hydrogens (tertiary/aromatic N) is 1. The number of hydrogen-bond acceptors (Lipinski definition) is 4. The number of rotatable bonds is 7. The summed E-state index contributed by atoms with van der Waals surface area (Å²) in [5.41, 5.74) is 0.502. The zero-order chi connectivity index (χ0) is 15.1. The molecule has 0 saturated heterocycles. The van der Waals surface area contributed by atoms with Crippen molar-refractivity contribution >= 4 is 23.5 Å². The minimum absolute atomic E-state index is 0.0534. The maximum Gasteiger partial charge on any atom is 0.270 e. The van der Waals surface area contributed by atoms with E-state index in [4.69, 9.17) is 0 Å². The van der Waals surface area contributed by atoms with Crippen molar-refractivity contribution < 1.29 is 4.79 Å². The molecule has 5 heteroatoms. The minimum atomic E-state index is -0.0534. The maximum absolute atomic E-state index is 12.3. The molecule has 0 spiro atoms. The van der Waals surface area contributed by atoms with Gasteiger partial charge in [-0.15, -0.1) is 0 Å². The summed E-state index contributed by atoms with van der Waals surface area (Å²) in [6.07, 6.45) is 4.40. The Bertz CT molecular complexity index is 467. The van der Waals surface area contributed by atoms with Gasteiger partial charge >= 0.3 is 0 Å². The molecule has 0 bridgehead atoms. The van der Waals surface area contributed by atoms with Gasteiger partial charge in [0.2, 0.25) is 0 Å². The second kappa shape index (κ2) is 8.27. The van der Waals surface area contributed by atoms with Crippen LogP contribution in [0.1, 0.15) is 50.0 Å². The topological polar surface area (TPSA) is 54.0 Å². The summed E-state index contributed by atoms with van der Waals surface area (Å²) >= 11 is 2.00. The van der Waals surface area contributed by atoms with E-state index < -0.39 is 0 Å². The number of pyridine rings is 1. The fourth-order valence-corrected chi connectivity index (χ4v) is 3.77. The second-order valence-corrected chi connectivity index (χ2v) is 6.97. The molecule has 1 aliphatic carbocycles. The van der Waals surface area contributed by atoms with Crippen LogP contribution in [0.4, 0.5) is 5.82 Å². The highest BCUT2D eigenvalue weighted by molar-refractivity contribution is 7.99. The van der Waals surface area contributed by atoms with Crippen LogP contribution in [0.3, 0.4) is 0 Å². The van der Waals surface area contributed by atoms with Gasteiger partial charge in [-0.25, -0.2) is 4.98 Å². The minimum Gasteiger partial charge on any atom is -0.370 e. The molecule has 0 radical (unpaired) electrons.